The first-order valence-corrected chi connectivity index (χ1v) is 8.03. The number of carbonyl (C=O) groups is 2. The van der Waals surface area contributed by atoms with Gasteiger partial charge in [0.2, 0.25) is 0 Å². The van der Waals surface area contributed by atoms with Gasteiger partial charge < -0.3 is 9.67 Å². The second-order valence-corrected chi connectivity index (χ2v) is 6.15. The van der Waals surface area contributed by atoms with Crippen LogP contribution in [0, 0.1) is 12.7 Å². The minimum Gasteiger partial charge on any atom is -0.480 e. The summed E-state index contributed by atoms with van der Waals surface area (Å²) >= 11 is 0. The molecule has 0 spiro atoms. The van der Waals surface area contributed by atoms with Gasteiger partial charge in [0, 0.05) is 22.7 Å². The van der Waals surface area contributed by atoms with E-state index in [0.29, 0.717) is 30.0 Å². The van der Waals surface area contributed by atoms with E-state index in [1.807, 2.05) is 31.2 Å². The summed E-state index contributed by atoms with van der Waals surface area (Å²) in [7, 11) is 0. The van der Waals surface area contributed by atoms with Crippen molar-refractivity contribution in [3.05, 3.63) is 71.2 Å². The predicted octanol–water partition coefficient (Wildman–Crippen LogP) is 4.16. The zero-order chi connectivity index (χ0) is 18.0. The molecule has 0 aliphatic carbocycles. The Bertz CT molecular complexity index is 928. The van der Waals surface area contributed by atoms with E-state index in [4.69, 9.17) is 0 Å². The third-order valence-electron chi connectivity index (χ3n) is 4.40. The normalized spacial score (nSPS) is 12.2. The van der Waals surface area contributed by atoms with Gasteiger partial charge in [-0.05, 0) is 43.5 Å². The molecule has 0 radical (unpaired) electrons. The Morgan fingerprint density at radius 3 is 2.60 bits per heavy atom. The molecule has 1 unspecified atom stereocenters. The Hall–Kier alpha value is -2.95. The summed E-state index contributed by atoms with van der Waals surface area (Å²) in [6.45, 7) is 2.00. The van der Waals surface area contributed by atoms with E-state index in [1.165, 1.54) is 24.4 Å². The average molecular weight is 339 g/mol. The number of halogens is 1. The molecule has 5 heteroatoms. The van der Waals surface area contributed by atoms with Crippen molar-refractivity contribution in [1.82, 2.24) is 4.57 Å². The number of aldehydes is 1. The van der Waals surface area contributed by atoms with Crippen LogP contribution in [0.25, 0.3) is 10.9 Å². The fourth-order valence-electron chi connectivity index (χ4n) is 3.05. The number of aliphatic carboxylic acids is 1. The van der Waals surface area contributed by atoms with Crippen LogP contribution >= 0.6 is 0 Å². The van der Waals surface area contributed by atoms with E-state index < -0.39 is 17.8 Å². The summed E-state index contributed by atoms with van der Waals surface area (Å²) in [6.07, 6.45) is 3.08. The molecule has 2 aromatic carbocycles. The molecule has 1 N–H and O–H groups in total. The lowest BCUT2D eigenvalue weighted by Gasteiger charge is -2.16. The smallest absolute Gasteiger partial charge is 0.326 e. The summed E-state index contributed by atoms with van der Waals surface area (Å²) < 4.78 is 15.0. The van der Waals surface area contributed by atoms with Crippen LogP contribution in [-0.4, -0.2) is 21.9 Å². The van der Waals surface area contributed by atoms with Crippen LogP contribution in [-0.2, 0) is 11.2 Å². The third-order valence-corrected chi connectivity index (χ3v) is 4.40. The molecule has 1 atom stereocenters. The van der Waals surface area contributed by atoms with Crippen LogP contribution in [0.4, 0.5) is 4.39 Å². The highest BCUT2D eigenvalue weighted by atomic mass is 19.1. The largest absolute Gasteiger partial charge is 0.480 e. The van der Waals surface area contributed by atoms with Gasteiger partial charge in [-0.1, -0.05) is 29.8 Å². The number of aromatic nitrogens is 1. The zero-order valence-electron chi connectivity index (χ0n) is 13.8. The Kier molecular flexibility index (Phi) is 4.65. The highest BCUT2D eigenvalue weighted by Crippen LogP contribution is 2.27. The van der Waals surface area contributed by atoms with Crippen LogP contribution in [0.2, 0.25) is 0 Å². The van der Waals surface area contributed by atoms with Crippen molar-refractivity contribution in [1.29, 1.82) is 0 Å². The van der Waals surface area contributed by atoms with Crippen molar-refractivity contribution in [3.8, 4) is 0 Å². The highest BCUT2D eigenvalue weighted by molar-refractivity contribution is 5.98. The molecule has 0 bridgehead atoms. The van der Waals surface area contributed by atoms with Crippen LogP contribution in [0.5, 0.6) is 0 Å². The lowest BCUT2D eigenvalue weighted by molar-refractivity contribution is -0.141. The zero-order valence-corrected chi connectivity index (χ0v) is 13.8. The molecule has 25 heavy (non-hydrogen) atoms. The Morgan fingerprint density at radius 1 is 1.24 bits per heavy atom. The predicted molar refractivity (Wildman–Crippen MR) is 93.5 cm³/mol. The lowest BCUT2D eigenvalue weighted by Crippen LogP contribution is -2.19. The van der Waals surface area contributed by atoms with E-state index in [-0.39, 0.29) is 5.56 Å². The quantitative estimate of drug-likeness (QED) is 0.686. The van der Waals surface area contributed by atoms with Gasteiger partial charge >= 0.3 is 5.97 Å². The summed E-state index contributed by atoms with van der Waals surface area (Å²) in [5.74, 6) is -1.44. The maximum absolute atomic E-state index is 13.5. The SMILES string of the molecule is Cc1ccc(CCC(C(=O)O)n2cc(C=O)c3cc(F)ccc32)cc1. The molecule has 1 heterocycles. The maximum atomic E-state index is 13.5. The van der Waals surface area contributed by atoms with Crippen LogP contribution < -0.4 is 0 Å². The fraction of sp³-hybridized carbons (Fsp3) is 0.200. The molecule has 0 fully saturated rings. The number of aryl methyl sites for hydroxylation is 2. The van der Waals surface area contributed by atoms with Crippen LogP contribution in [0.1, 0.15) is 33.9 Å². The van der Waals surface area contributed by atoms with Crippen molar-refractivity contribution in [3.63, 3.8) is 0 Å². The number of benzene rings is 2. The second-order valence-electron chi connectivity index (χ2n) is 6.15. The summed E-state index contributed by atoms with van der Waals surface area (Å²) in [6, 6.07) is 11.2. The topological polar surface area (TPSA) is 59.3 Å². The van der Waals surface area contributed by atoms with Crippen molar-refractivity contribution in [2.75, 3.05) is 0 Å². The minimum atomic E-state index is -0.981. The van der Waals surface area contributed by atoms with Gasteiger partial charge in [0.25, 0.3) is 0 Å². The second kappa shape index (κ2) is 6.89. The van der Waals surface area contributed by atoms with Crippen molar-refractivity contribution >= 4 is 23.2 Å². The molecule has 0 aliphatic rings. The molecule has 3 rings (SSSR count). The molecule has 0 aliphatic heterocycles. The molecular weight excluding hydrogens is 321 g/mol. The van der Waals surface area contributed by atoms with Crippen LogP contribution in [0.15, 0.2) is 48.7 Å². The van der Waals surface area contributed by atoms with Gasteiger partial charge in [-0.3, -0.25) is 4.79 Å². The van der Waals surface area contributed by atoms with Gasteiger partial charge in [-0.25, -0.2) is 9.18 Å². The molecule has 3 aromatic rings. The summed E-state index contributed by atoms with van der Waals surface area (Å²) in [5.41, 5.74) is 3.03. The summed E-state index contributed by atoms with van der Waals surface area (Å²) in [5, 5.41) is 10.1. The number of carbonyl (C=O) groups excluding carboxylic acids is 1. The van der Waals surface area contributed by atoms with Gasteiger partial charge in [0.05, 0.1) is 0 Å². The van der Waals surface area contributed by atoms with Crippen molar-refractivity contribution in [2.45, 2.75) is 25.8 Å². The Morgan fingerprint density at radius 2 is 1.96 bits per heavy atom. The number of nitrogens with zero attached hydrogens (tertiary/aromatic N) is 1. The van der Waals surface area contributed by atoms with E-state index in [2.05, 4.69) is 0 Å². The first kappa shape index (κ1) is 16.9. The monoisotopic (exact) mass is 339 g/mol. The van der Waals surface area contributed by atoms with Gasteiger partial charge in [0.1, 0.15) is 11.9 Å². The first-order valence-electron chi connectivity index (χ1n) is 8.03. The average Bonchev–Trinajstić information content (AvgIpc) is 2.94. The Labute approximate surface area is 144 Å². The van der Waals surface area contributed by atoms with Crippen molar-refractivity contribution in [2.24, 2.45) is 0 Å². The fourth-order valence-corrected chi connectivity index (χ4v) is 3.05. The standard InChI is InChI=1S/C20H18FNO3/c1-13-2-4-14(5-3-13)6-8-19(20(24)25)22-11-15(12-23)17-10-16(21)7-9-18(17)22/h2-5,7,9-12,19H,6,8H2,1H3,(H,24,25). The summed E-state index contributed by atoms with van der Waals surface area (Å²) in [4.78, 5) is 23.1. The number of hydrogen-bond donors (Lipinski definition) is 1. The van der Waals surface area contributed by atoms with Gasteiger partial charge in [-0.15, -0.1) is 0 Å². The molecule has 4 nitrogen and oxygen atoms in total. The van der Waals surface area contributed by atoms with E-state index in [9.17, 15) is 19.1 Å². The maximum Gasteiger partial charge on any atom is 0.326 e. The molecule has 1 aromatic heterocycles. The third kappa shape index (κ3) is 3.45. The van der Waals surface area contributed by atoms with Gasteiger partial charge in [-0.2, -0.15) is 0 Å². The first-order chi connectivity index (χ1) is 12.0. The van der Waals surface area contributed by atoms with E-state index >= 15 is 0 Å². The molecule has 0 saturated carbocycles. The van der Waals surface area contributed by atoms with Crippen molar-refractivity contribution < 1.29 is 19.1 Å². The van der Waals surface area contributed by atoms with E-state index in [1.54, 1.807) is 4.57 Å². The number of fused-ring (bicyclic) bond motifs is 1. The molecular formula is C20H18FNO3. The molecule has 0 saturated heterocycles. The Balaban J connectivity index is 1.95. The number of carboxylic acid groups (broad SMARTS) is 1. The minimum absolute atomic E-state index is 0.288. The molecule has 0 amide bonds. The van der Waals surface area contributed by atoms with Gasteiger partial charge in [0.15, 0.2) is 6.29 Å². The highest BCUT2D eigenvalue weighted by Gasteiger charge is 2.22. The van der Waals surface area contributed by atoms with E-state index in [0.717, 1.165) is 11.1 Å². The molecule has 128 valence electrons. The number of rotatable bonds is 6. The van der Waals surface area contributed by atoms with Crippen LogP contribution in [0.3, 0.4) is 0 Å². The number of hydrogen-bond acceptors (Lipinski definition) is 2. The lowest BCUT2D eigenvalue weighted by atomic mass is 10.0. The number of carboxylic acids is 1.